The summed E-state index contributed by atoms with van der Waals surface area (Å²) in [6.07, 6.45) is 5.03. The van der Waals surface area contributed by atoms with Crippen molar-refractivity contribution < 1.29 is 4.74 Å². The van der Waals surface area contributed by atoms with Crippen LogP contribution in [0, 0.1) is 5.92 Å². The van der Waals surface area contributed by atoms with Crippen molar-refractivity contribution in [3.8, 4) is 0 Å². The van der Waals surface area contributed by atoms with Gasteiger partial charge >= 0.3 is 0 Å². The number of benzene rings is 1. The van der Waals surface area contributed by atoms with Gasteiger partial charge in [-0.25, -0.2) is 0 Å². The van der Waals surface area contributed by atoms with Gasteiger partial charge in [-0.2, -0.15) is 0 Å². The lowest BCUT2D eigenvalue weighted by Crippen LogP contribution is -2.36. The largest absolute Gasteiger partial charge is 0.378 e. The maximum absolute atomic E-state index is 5.71. The van der Waals surface area contributed by atoms with Crippen LogP contribution in [0.2, 0.25) is 0 Å². The minimum absolute atomic E-state index is 0.262. The van der Waals surface area contributed by atoms with Gasteiger partial charge in [0.2, 0.25) is 0 Å². The predicted octanol–water partition coefficient (Wildman–Crippen LogP) is 2.96. The van der Waals surface area contributed by atoms with Crippen molar-refractivity contribution in [2.24, 2.45) is 11.8 Å². The maximum Gasteiger partial charge on any atom is 0.0580 e. The molecule has 0 bridgehead atoms. The Balaban J connectivity index is 1.86. The molecule has 0 aromatic heterocycles. The van der Waals surface area contributed by atoms with Gasteiger partial charge in [-0.1, -0.05) is 31.2 Å². The number of hydrazine groups is 1. The highest BCUT2D eigenvalue weighted by molar-refractivity contribution is 5.25. The number of hydrogen-bond acceptors (Lipinski definition) is 3. The van der Waals surface area contributed by atoms with Gasteiger partial charge in [0, 0.05) is 12.6 Å². The lowest BCUT2D eigenvalue weighted by atomic mass is 9.77. The molecule has 3 nitrogen and oxygen atoms in total. The molecule has 2 rings (SSSR count). The van der Waals surface area contributed by atoms with Crippen molar-refractivity contribution in [1.82, 2.24) is 5.43 Å². The van der Waals surface area contributed by atoms with E-state index in [1.165, 1.54) is 24.0 Å². The molecule has 0 spiro atoms. The summed E-state index contributed by atoms with van der Waals surface area (Å²) in [6, 6.07) is 9.05. The highest BCUT2D eigenvalue weighted by atomic mass is 16.5. The summed E-state index contributed by atoms with van der Waals surface area (Å²) in [6.45, 7) is 5.07. The molecular weight excluding hydrogens is 236 g/mol. The van der Waals surface area contributed by atoms with E-state index in [9.17, 15) is 0 Å². The van der Waals surface area contributed by atoms with Crippen molar-refractivity contribution in [3.63, 3.8) is 0 Å². The summed E-state index contributed by atoms with van der Waals surface area (Å²) < 4.78 is 5.61. The fraction of sp³-hybridized carbons (Fsp3) is 0.625. The van der Waals surface area contributed by atoms with E-state index in [1.54, 1.807) is 0 Å². The van der Waals surface area contributed by atoms with Crippen molar-refractivity contribution in [3.05, 3.63) is 35.4 Å². The van der Waals surface area contributed by atoms with E-state index in [1.807, 2.05) is 0 Å². The molecule has 19 heavy (non-hydrogen) atoms. The van der Waals surface area contributed by atoms with Crippen LogP contribution in [0.15, 0.2) is 24.3 Å². The molecule has 106 valence electrons. The van der Waals surface area contributed by atoms with E-state index in [0.717, 1.165) is 25.4 Å². The molecule has 3 heteroatoms. The van der Waals surface area contributed by atoms with Crippen molar-refractivity contribution in [2.75, 3.05) is 6.61 Å². The third-order valence-corrected chi connectivity index (χ3v) is 4.16. The van der Waals surface area contributed by atoms with Crippen LogP contribution >= 0.6 is 0 Å². The molecule has 0 radical (unpaired) electrons. The Hall–Kier alpha value is -0.900. The third-order valence-electron chi connectivity index (χ3n) is 4.16. The molecule has 0 amide bonds. The quantitative estimate of drug-likeness (QED) is 0.586. The minimum atomic E-state index is 0.262. The Bertz CT molecular complexity index is 371. The number of nitrogens with one attached hydrogen (secondary N) is 1. The van der Waals surface area contributed by atoms with Gasteiger partial charge < -0.3 is 4.74 Å². The SMILES string of the molecule is CCOC1CC(CC(NN)c2ccc(CC)cc2)C1. The molecule has 0 saturated heterocycles. The number of ether oxygens (including phenoxy) is 1. The van der Waals surface area contributed by atoms with Gasteiger partial charge in [-0.05, 0) is 49.7 Å². The van der Waals surface area contributed by atoms with Crippen LogP contribution in [0.5, 0.6) is 0 Å². The highest BCUT2D eigenvalue weighted by Gasteiger charge is 2.31. The van der Waals surface area contributed by atoms with Crippen LogP contribution in [-0.4, -0.2) is 12.7 Å². The topological polar surface area (TPSA) is 47.3 Å². The van der Waals surface area contributed by atoms with E-state index >= 15 is 0 Å². The monoisotopic (exact) mass is 262 g/mol. The normalized spacial score (nSPS) is 23.9. The van der Waals surface area contributed by atoms with Gasteiger partial charge in [-0.15, -0.1) is 0 Å². The Kier molecular flexibility index (Phi) is 5.37. The van der Waals surface area contributed by atoms with Crippen LogP contribution in [0.25, 0.3) is 0 Å². The Labute approximate surface area is 116 Å². The minimum Gasteiger partial charge on any atom is -0.378 e. The van der Waals surface area contributed by atoms with Gasteiger partial charge in [0.15, 0.2) is 0 Å². The summed E-state index contributed by atoms with van der Waals surface area (Å²) in [7, 11) is 0. The molecule has 1 aliphatic carbocycles. The molecule has 0 heterocycles. The van der Waals surface area contributed by atoms with Gasteiger partial charge in [0.25, 0.3) is 0 Å². The van der Waals surface area contributed by atoms with Crippen LogP contribution in [0.1, 0.15) is 50.3 Å². The average Bonchev–Trinajstić information content (AvgIpc) is 2.41. The number of nitrogens with two attached hydrogens (primary N) is 1. The van der Waals surface area contributed by atoms with E-state index in [-0.39, 0.29) is 6.04 Å². The van der Waals surface area contributed by atoms with E-state index < -0.39 is 0 Å². The zero-order valence-corrected chi connectivity index (χ0v) is 12.1. The van der Waals surface area contributed by atoms with Gasteiger partial charge in [0.1, 0.15) is 0 Å². The first-order valence-corrected chi connectivity index (χ1v) is 7.43. The fourth-order valence-corrected chi connectivity index (χ4v) is 2.86. The summed E-state index contributed by atoms with van der Waals surface area (Å²) in [5.74, 6) is 6.45. The fourth-order valence-electron chi connectivity index (χ4n) is 2.86. The summed E-state index contributed by atoms with van der Waals surface area (Å²) in [5.41, 5.74) is 5.63. The third kappa shape index (κ3) is 3.78. The zero-order valence-electron chi connectivity index (χ0n) is 12.1. The second kappa shape index (κ2) is 7.04. The first kappa shape index (κ1) is 14.5. The first-order chi connectivity index (χ1) is 9.26. The van der Waals surface area contributed by atoms with Crippen molar-refractivity contribution >= 4 is 0 Å². The summed E-state index contributed by atoms with van der Waals surface area (Å²) in [5, 5.41) is 0. The molecule has 1 atom stereocenters. The smallest absolute Gasteiger partial charge is 0.0580 e. The standard InChI is InChI=1S/C16H26N2O/c1-3-12-5-7-14(8-6-12)16(18-17)11-13-9-15(10-13)19-4-2/h5-8,13,15-16,18H,3-4,9-11,17H2,1-2H3. The zero-order chi connectivity index (χ0) is 13.7. The molecule has 1 aliphatic rings. The maximum atomic E-state index is 5.71. The average molecular weight is 262 g/mol. The Morgan fingerprint density at radius 2 is 1.95 bits per heavy atom. The lowest BCUT2D eigenvalue weighted by Gasteiger charge is -2.37. The number of aryl methyl sites for hydroxylation is 1. The first-order valence-electron chi connectivity index (χ1n) is 7.43. The second-order valence-corrected chi connectivity index (χ2v) is 5.46. The van der Waals surface area contributed by atoms with Gasteiger partial charge in [0.05, 0.1) is 6.10 Å². The van der Waals surface area contributed by atoms with Crippen molar-refractivity contribution in [2.45, 2.75) is 51.7 Å². The lowest BCUT2D eigenvalue weighted by molar-refractivity contribution is -0.0291. The second-order valence-electron chi connectivity index (χ2n) is 5.46. The predicted molar refractivity (Wildman–Crippen MR) is 78.6 cm³/mol. The van der Waals surface area contributed by atoms with Crippen LogP contribution in [0.4, 0.5) is 0 Å². The molecule has 1 aromatic carbocycles. The highest BCUT2D eigenvalue weighted by Crippen LogP contribution is 2.36. The van der Waals surface area contributed by atoms with Crippen LogP contribution < -0.4 is 11.3 Å². The molecule has 3 N–H and O–H groups in total. The number of rotatable bonds is 7. The molecule has 1 unspecified atom stereocenters. The molecule has 1 saturated carbocycles. The molecule has 0 aliphatic heterocycles. The Morgan fingerprint density at radius 3 is 2.47 bits per heavy atom. The molecule has 1 aromatic rings. The summed E-state index contributed by atoms with van der Waals surface area (Å²) in [4.78, 5) is 0. The van der Waals surface area contributed by atoms with Gasteiger partial charge in [-0.3, -0.25) is 11.3 Å². The molecular formula is C16H26N2O. The van der Waals surface area contributed by atoms with E-state index in [2.05, 4.69) is 43.5 Å². The van der Waals surface area contributed by atoms with Crippen LogP contribution in [0.3, 0.4) is 0 Å². The number of hydrogen-bond donors (Lipinski definition) is 2. The van der Waals surface area contributed by atoms with E-state index in [4.69, 9.17) is 10.6 Å². The van der Waals surface area contributed by atoms with Crippen molar-refractivity contribution in [1.29, 1.82) is 0 Å². The Morgan fingerprint density at radius 1 is 1.26 bits per heavy atom. The van der Waals surface area contributed by atoms with E-state index in [0.29, 0.717) is 6.10 Å². The molecule has 1 fully saturated rings. The van der Waals surface area contributed by atoms with Crippen LogP contribution in [-0.2, 0) is 11.2 Å². The summed E-state index contributed by atoms with van der Waals surface area (Å²) >= 11 is 0.